The number of hydrogen-bond donors (Lipinski definition) is 1. The lowest BCUT2D eigenvalue weighted by Gasteiger charge is -2.35. The molecule has 1 N–H and O–H groups in total. The van der Waals surface area contributed by atoms with Crippen molar-refractivity contribution < 1.29 is 4.39 Å². The van der Waals surface area contributed by atoms with Crippen molar-refractivity contribution in [2.75, 3.05) is 20.1 Å². The molecule has 0 aliphatic rings. The van der Waals surface area contributed by atoms with E-state index in [4.69, 9.17) is 0 Å². The van der Waals surface area contributed by atoms with Crippen molar-refractivity contribution in [3.63, 3.8) is 0 Å². The highest BCUT2D eigenvalue weighted by atomic mass is 19.1. The molecule has 0 fully saturated rings. The average Bonchev–Trinajstić information content (AvgIpc) is 2.36. The molecule has 114 valence electrons. The zero-order valence-corrected chi connectivity index (χ0v) is 13.5. The molecule has 0 bridgehead atoms. The molecule has 1 atom stereocenters. The van der Waals surface area contributed by atoms with E-state index in [2.05, 4.69) is 45.0 Å². The summed E-state index contributed by atoms with van der Waals surface area (Å²) in [5.74, 6) is -0.173. The smallest absolute Gasteiger partial charge is 0.123 e. The molecule has 3 heteroatoms. The van der Waals surface area contributed by atoms with E-state index in [1.54, 1.807) is 0 Å². The topological polar surface area (TPSA) is 15.3 Å². The van der Waals surface area contributed by atoms with Crippen molar-refractivity contribution in [2.24, 2.45) is 5.41 Å². The van der Waals surface area contributed by atoms with Gasteiger partial charge in [-0.05, 0) is 43.1 Å². The molecule has 0 radical (unpaired) electrons. The summed E-state index contributed by atoms with van der Waals surface area (Å²) in [5, 5.41) is 3.63. The Morgan fingerprint density at radius 1 is 1.20 bits per heavy atom. The van der Waals surface area contributed by atoms with Crippen molar-refractivity contribution in [1.82, 2.24) is 10.2 Å². The summed E-state index contributed by atoms with van der Waals surface area (Å²) in [6, 6.07) is 7.22. The minimum Gasteiger partial charge on any atom is -0.312 e. The van der Waals surface area contributed by atoms with Gasteiger partial charge >= 0.3 is 0 Å². The van der Waals surface area contributed by atoms with Crippen LogP contribution in [-0.2, 0) is 6.54 Å². The van der Waals surface area contributed by atoms with Gasteiger partial charge in [0.1, 0.15) is 5.82 Å². The summed E-state index contributed by atoms with van der Waals surface area (Å²) in [6.07, 6.45) is 1.15. The first-order chi connectivity index (χ1) is 9.32. The average molecular weight is 280 g/mol. The lowest BCUT2D eigenvalue weighted by molar-refractivity contribution is 0.190. The maximum absolute atomic E-state index is 12.9. The van der Waals surface area contributed by atoms with Gasteiger partial charge in [0.2, 0.25) is 0 Å². The Kier molecular flexibility index (Phi) is 6.63. The van der Waals surface area contributed by atoms with Crippen molar-refractivity contribution in [2.45, 2.75) is 46.7 Å². The number of benzene rings is 1. The van der Waals surface area contributed by atoms with Gasteiger partial charge in [-0.15, -0.1) is 0 Å². The fourth-order valence-corrected chi connectivity index (χ4v) is 2.24. The highest BCUT2D eigenvalue weighted by Gasteiger charge is 2.24. The molecule has 20 heavy (non-hydrogen) atoms. The third-order valence-electron chi connectivity index (χ3n) is 3.55. The van der Waals surface area contributed by atoms with Gasteiger partial charge in [-0.25, -0.2) is 4.39 Å². The van der Waals surface area contributed by atoms with Crippen molar-refractivity contribution in [1.29, 1.82) is 0 Å². The number of nitrogens with one attached hydrogen (secondary N) is 1. The molecule has 0 spiro atoms. The van der Waals surface area contributed by atoms with Crippen LogP contribution in [0, 0.1) is 11.2 Å². The quantitative estimate of drug-likeness (QED) is 0.820. The molecule has 1 rings (SSSR count). The Bertz CT molecular complexity index is 381. The minimum atomic E-state index is -0.173. The first kappa shape index (κ1) is 17.1. The van der Waals surface area contributed by atoms with Gasteiger partial charge in [0.25, 0.3) is 0 Å². The molecular formula is C17H29FN2. The van der Waals surface area contributed by atoms with Crippen LogP contribution >= 0.6 is 0 Å². The van der Waals surface area contributed by atoms with E-state index < -0.39 is 0 Å². The van der Waals surface area contributed by atoms with Crippen LogP contribution in [0.4, 0.5) is 4.39 Å². The van der Waals surface area contributed by atoms with Crippen LogP contribution in [0.25, 0.3) is 0 Å². The van der Waals surface area contributed by atoms with Gasteiger partial charge in [0, 0.05) is 19.1 Å². The van der Waals surface area contributed by atoms with E-state index in [1.165, 1.54) is 12.1 Å². The Labute approximate surface area is 123 Å². The monoisotopic (exact) mass is 280 g/mol. The molecule has 1 aromatic carbocycles. The Hall–Kier alpha value is -0.930. The zero-order valence-electron chi connectivity index (χ0n) is 13.5. The Balaban J connectivity index is 2.56. The van der Waals surface area contributed by atoms with Crippen LogP contribution in [0.1, 0.15) is 39.7 Å². The lowest BCUT2D eigenvalue weighted by atomic mass is 9.86. The number of hydrogen-bond acceptors (Lipinski definition) is 2. The summed E-state index contributed by atoms with van der Waals surface area (Å²) in [5.41, 5.74) is 1.38. The van der Waals surface area contributed by atoms with E-state index in [-0.39, 0.29) is 11.2 Å². The molecule has 0 heterocycles. The Morgan fingerprint density at radius 3 is 2.30 bits per heavy atom. The van der Waals surface area contributed by atoms with Crippen LogP contribution in [-0.4, -0.2) is 31.1 Å². The van der Waals surface area contributed by atoms with E-state index in [9.17, 15) is 4.39 Å². The van der Waals surface area contributed by atoms with Crippen molar-refractivity contribution in [3.8, 4) is 0 Å². The van der Waals surface area contributed by atoms with Gasteiger partial charge in [-0.1, -0.05) is 39.8 Å². The van der Waals surface area contributed by atoms with Crippen molar-refractivity contribution in [3.05, 3.63) is 35.6 Å². The second-order valence-electron chi connectivity index (χ2n) is 6.70. The number of nitrogens with zero attached hydrogens (tertiary/aromatic N) is 1. The highest BCUT2D eigenvalue weighted by molar-refractivity contribution is 5.15. The predicted molar refractivity (Wildman–Crippen MR) is 84.3 cm³/mol. The first-order valence-corrected chi connectivity index (χ1v) is 7.49. The van der Waals surface area contributed by atoms with Crippen LogP contribution in [0.5, 0.6) is 0 Å². The normalized spacial score (nSPS) is 13.8. The maximum Gasteiger partial charge on any atom is 0.123 e. The standard InChI is InChI=1S/C17H29FN2/c1-6-11-19-16(17(2,3)4)13-20(5)12-14-7-9-15(18)10-8-14/h7-10,16,19H,6,11-13H2,1-5H3. The molecule has 1 unspecified atom stereocenters. The number of rotatable bonds is 7. The van der Waals surface area contributed by atoms with Crippen LogP contribution in [0.15, 0.2) is 24.3 Å². The first-order valence-electron chi connectivity index (χ1n) is 7.49. The SMILES string of the molecule is CCCNC(CN(C)Cc1ccc(F)cc1)C(C)(C)C. The van der Waals surface area contributed by atoms with E-state index >= 15 is 0 Å². The van der Waals surface area contributed by atoms with Crippen LogP contribution < -0.4 is 5.32 Å². The van der Waals surface area contributed by atoms with E-state index in [0.29, 0.717) is 6.04 Å². The molecule has 0 amide bonds. The molecule has 0 saturated carbocycles. The maximum atomic E-state index is 12.9. The summed E-state index contributed by atoms with van der Waals surface area (Å²) >= 11 is 0. The van der Waals surface area contributed by atoms with Gasteiger partial charge in [-0.3, -0.25) is 0 Å². The fraction of sp³-hybridized carbons (Fsp3) is 0.647. The molecule has 2 nitrogen and oxygen atoms in total. The predicted octanol–water partition coefficient (Wildman–Crippen LogP) is 3.67. The molecule has 0 aliphatic carbocycles. The van der Waals surface area contributed by atoms with Crippen molar-refractivity contribution >= 4 is 0 Å². The largest absolute Gasteiger partial charge is 0.312 e. The second kappa shape index (κ2) is 7.75. The second-order valence-corrected chi connectivity index (χ2v) is 6.70. The summed E-state index contributed by atoms with van der Waals surface area (Å²) in [4.78, 5) is 2.30. The third-order valence-corrected chi connectivity index (χ3v) is 3.55. The van der Waals surface area contributed by atoms with Gasteiger partial charge in [-0.2, -0.15) is 0 Å². The van der Waals surface area contributed by atoms with Gasteiger partial charge in [0.15, 0.2) is 0 Å². The van der Waals surface area contributed by atoms with Crippen LogP contribution in [0.3, 0.4) is 0 Å². The fourth-order valence-electron chi connectivity index (χ4n) is 2.24. The molecule has 0 saturated heterocycles. The van der Waals surface area contributed by atoms with Crippen LogP contribution in [0.2, 0.25) is 0 Å². The minimum absolute atomic E-state index is 0.173. The zero-order chi connectivity index (χ0) is 15.2. The molecule has 0 aromatic heterocycles. The highest BCUT2D eigenvalue weighted by Crippen LogP contribution is 2.20. The number of likely N-dealkylation sites (N-methyl/N-ethyl adjacent to an activating group) is 1. The summed E-state index contributed by atoms with van der Waals surface area (Å²) in [7, 11) is 2.12. The summed E-state index contributed by atoms with van der Waals surface area (Å²) < 4.78 is 12.9. The third kappa shape index (κ3) is 6.02. The molecule has 1 aromatic rings. The van der Waals surface area contributed by atoms with Gasteiger partial charge in [0.05, 0.1) is 0 Å². The van der Waals surface area contributed by atoms with E-state index in [0.717, 1.165) is 31.6 Å². The van der Waals surface area contributed by atoms with Gasteiger partial charge < -0.3 is 10.2 Å². The molecule has 0 aliphatic heterocycles. The molecular weight excluding hydrogens is 251 g/mol. The number of halogens is 1. The van der Waals surface area contributed by atoms with E-state index in [1.807, 2.05) is 12.1 Å². The summed E-state index contributed by atoms with van der Waals surface area (Å²) in [6.45, 7) is 11.9. The Morgan fingerprint density at radius 2 is 1.80 bits per heavy atom. The lowest BCUT2D eigenvalue weighted by Crippen LogP contribution is -2.47.